The first-order chi connectivity index (χ1) is 9.40. The fourth-order valence-electron chi connectivity index (χ4n) is 1.72. The Morgan fingerprint density at radius 2 is 1.85 bits per heavy atom. The molecule has 0 aliphatic heterocycles. The molecule has 1 heterocycles. The van der Waals surface area contributed by atoms with E-state index in [2.05, 4.69) is 18.3 Å². The summed E-state index contributed by atoms with van der Waals surface area (Å²) in [6.45, 7) is 2.63. The van der Waals surface area contributed by atoms with Crippen LogP contribution in [0.1, 0.15) is 22.2 Å². The van der Waals surface area contributed by atoms with Gasteiger partial charge in [-0.05, 0) is 36.8 Å². The Balaban J connectivity index is 2.06. The van der Waals surface area contributed by atoms with Crippen molar-refractivity contribution in [3.05, 3.63) is 50.7 Å². The van der Waals surface area contributed by atoms with Gasteiger partial charge in [-0.1, -0.05) is 18.5 Å². The SMILES string of the molecule is CCc1ccc(CNc2ccc(C(F)(F)F)cc2Cl)s1. The van der Waals surface area contributed by atoms with E-state index in [1.165, 1.54) is 10.9 Å². The normalized spacial score (nSPS) is 11.7. The molecular formula is C14H13ClF3NS. The Kier molecular flexibility index (Phi) is 4.60. The van der Waals surface area contributed by atoms with E-state index in [1.54, 1.807) is 11.3 Å². The van der Waals surface area contributed by atoms with Crippen LogP contribution in [0.2, 0.25) is 5.02 Å². The summed E-state index contributed by atoms with van der Waals surface area (Å²) in [5, 5.41) is 3.13. The predicted molar refractivity (Wildman–Crippen MR) is 77.5 cm³/mol. The van der Waals surface area contributed by atoms with E-state index in [0.29, 0.717) is 12.2 Å². The van der Waals surface area contributed by atoms with Crippen LogP contribution >= 0.6 is 22.9 Å². The Morgan fingerprint density at radius 1 is 1.15 bits per heavy atom. The van der Waals surface area contributed by atoms with Gasteiger partial charge in [0.15, 0.2) is 0 Å². The summed E-state index contributed by atoms with van der Waals surface area (Å²) in [6.07, 6.45) is -3.39. The van der Waals surface area contributed by atoms with E-state index in [-0.39, 0.29) is 5.02 Å². The summed E-state index contributed by atoms with van der Waals surface area (Å²) in [4.78, 5) is 2.40. The van der Waals surface area contributed by atoms with Crippen molar-refractivity contribution in [3.63, 3.8) is 0 Å². The maximum absolute atomic E-state index is 12.5. The molecule has 1 aromatic carbocycles. The van der Waals surface area contributed by atoms with Crippen molar-refractivity contribution in [3.8, 4) is 0 Å². The number of benzene rings is 1. The van der Waals surface area contributed by atoms with E-state index < -0.39 is 11.7 Å². The van der Waals surface area contributed by atoms with E-state index in [0.717, 1.165) is 23.4 Å². The predicted octanol–water partition coefficient (Wildman–Crippen LogP) is 5.59. The highest BCUT2D eigenvalue weighted by Gasteiger charge is 2.30. The molecule has 20 heavy (non-hydrogen) atoms. The topological polar surface area (TPSA) is 12.0 Å². The molecule has 0 amide bonds. The highest BCUT2D eigenvalue weighted by Crippen LogP contribution is 2.34. The standard InChI is InChI=1S/C14H13ClF3NS/c1-2-10-4-5-11(20-10)8-19-13-6-3-9(7-12(13)15)14(16,17)18/h3-7,19H,2,8H2,1H3. The molecule has 0 fully saturated rings. The number of anilines is 1. The summed E-state index contributed by atoms with van der Waals surface area (Å²) in [5.74, 6) is 0. The lowest BCUT2D eigenvalue weighted by Gasteiger charge is -2.11. The molecule has 0 aliphatic rings. The van der Waals surface area contributed by atoms with Crippen LogP contribution in [0.4, 0.5) is 18.9 Å². The maximum Gasteiger partial charge on any atom is 0.416 e. The number of hydrogen-bond donors (Lipinski definition) is 1. The maximum atomic E-state index is 12.5. The minimum absolute atomic E-state index is 0.0760. The smallest absolute Gasteiger partial charge is 0.379 e. The Labute approximate surface area is 124 Å². The van der Waals surface area contributed by atoms with Gasteiger partial charge in [-0.25, -0.2) is 0 Å². The molecule has 0 spiro atoms. The monoisotopic (exact) mass is 319 g/mol. The highest BCUT2D eigenvalue weighted by atomic mass is 35.5. The quantitative estimate of drug-likeness (QED) is 0.774. The van der Waals surface area contributed by atoms with Gasteiger partial charge >= 0.3 is 6.18 Å². The van der Waals surface area contributed by atoms with Gasteiger partial charge in [-0.3, -0.25) is 0 Å². The van der Waals surface area contributed by atoms with Gasteiger partial charge in [0.2, 0.25) is 0 Å². The summed E-state index contributed by atoms with van der Waals surface area (Å²) in [5.41, 5.74) is -0.233. The third-order valence-corrected chi connectivity index (χ3v) is 4.36. The molecule has 1 aromatic heterocycles. The zero-order chi connectivity index (χ0) is 14.8. The van der Waals surface area contributed by atoms with Crippen LogP contribution in [0.15, 0.2) is 30.3 Å². The molecule has 1 nitrogen and oxygen atoms in total. The molecule has 2 rings (SSSR count). The number of rotatable bonds is 4. The number of aryl methyl sites for hydroxylation is 1. The first-order valence-corrected chi connectivity index (χ1v) is 7.28. The van der Waals surface area contributed by atoms with Crippen molar-refractivity contribution in [1.82, 2.24) is 0 Å². The summed E-state index contributed by atoms with van der Waals surface area (Å²) in [6, 6.07) is 7.39. The van der Waals surface area contributed by atoms with Gasteiger partial charge < -0.3 is 5.32 Å². The van der Waals surface area contributed by atoms with Crippen LogP contribution in [-0.2, 0) is 19.1 Å². The zero-order valence-corrected chi connectivity index (χ0v) is 12.3. The minimum atomic E-state index is -4.37. The second-order valence-corrected chi connectivity index (χ2v) is 5.93. The summed E-state index contributed by atoms with van der Waals surface area (Å²) >= 11 is 7.55. The van der Waals surface area contributed by atoms with Crippen LogP contribution in [0, 0.1) is 0 Å². The fraction of sp³-hybridized carbons (Fsp3) is 0.286. The van der Waals surface area contributed by atoms with Crippen molar-refractivity contribution in [1.29, 1.82) is 0 Å². The molecule has 0 radical (unpaired) electrons. The second kappa shape index (κ2) is 6.06. The third kappa shape index (κ3) is 3.67. The van der Waals surface area contributed by atoms with Gasteiger partial charge in [-0.2, -0.15) is 13.2 Å². The largest absolute Gasteiger partial charge is 0.416 e. The first kappa shape index (κ1) is 15.2. The molecule has 0 aliphatic carbocycles. The first-order valence-electron chi connectivity index (χ1n) is 6.08. The average molecular weight is 320 g/mol. The lowest BCUT2D eigenvalue weighted by atomic mass is 10.2. The van der Waals surface area contributed by atoms with Crippen molar-refractivity contribution in [2.24, 2.45) is 0 Å². The third-order valence-electron chi connectivity index (χ3n) is 2.82. The Hall–Kier alpha value is -1.20. The molecule has 0 unspecified atom stereocenters. The second-order valence-electron chi connectivity index (χ2n) is 4.27. The van der Waals surface area contributed by atoms with Crippen LogP contribution in [0.25, 0.3) is 0 Å². The van der Waals surface area contributed by atoms with Gasteiger partial charge in [-0.15, -0.1) is 11.3 Å². The molecule has 0 saturated heterocycles. The number of nitrogens with one attached hydrogen (secondary N) is 1. The lowest BCUT2D eigenvalue weighted by Crippen LogP contribution is -2.05. The van der Waals surface area contributed by atoms with Crippen LogP contribution < -0.4 is 5.32 Å². The lowest BCUT2D eigenvalue weighted by molar-refractivity contribution is -0.137. The highest BCUT2D eigenvalue weighted by molar-refractivity contribution is 7.12. The van der Waals surface area contributed by atoms with Crippen molar-refractivity contribution in [2.45, 2.75) is 26.1 Å². The molecule has 2 aromatic rings. The van der Waals surface area contributed by atoms with Gasteiger partial charge in [0.05, 0.1) is 16.3 Å². The average Bonchev–Trinajstić information content (AvgIpc) is 2.84. The fourth-order valence-corrected chi connectivity index (χ4v) is 2.87. The van der Waals surface area contributed by atoms with Crippen LogP contribution in [0.5, 0.6) is 0 Å². The molecular weight excluding hydrogens is 307 g/mol. The molecule has 108 valence electrons. The molecule has 0 atom stereocenters. The van der Waals surface area contributed by atoms with Crippen molar-refractivity contribution < 1.29 is 13.2 Å². The number of thiophene rings is 1. The van der Waals surface area contributed by atoms with E-state index in [9.17, 15) is 13.2 Å². The van der Waals surface area contributed by atoms with Crippen LogP contribution in [-0.4, -0.2) is 0 Å². The van der Waals surface area contributed by atoms with E-state index in [1.807, 2.05) is 6.07 Å². The zero-order valence-electron chi connectivity index (χ0n) is 10.7. The van der Waals surface area contributed by atoms with Crippen molar-refractivity contribution >= 4 is 28.6 Å². The van der Waals surface area contributed by atoms with Gasteiger partial charge in [0.25, 0.3) is 0 Å². The summed E-state index contributed by atoms with van der Waals surface area (Å²) < 4.78 is 37.5. The Bertz CT molecular complexity index is 592. The minimum Gasteiger partial charge on any atom is -0.379 e. The number of halogens is 4. The number of alkyl halides is 3. The Morgan fingerprint density at radius 3 is 2.40 bits per heavy atom. The number of hydrogen-bond acceptors (Lipinski definition) is 2. The molecule has 1 N–H and O–H groups in total. The van der Waals surface area contributed by atoms with Crippen LogP contribution in [0.3, 0.4) is 0 Å². The van der Waals surface area contributed by atoms with Gasteiger partial charge in [0.1, 0.15) is 0 Å². The molecule has 6 heteroatoms. The van der Waals surface area contributed by atoms with E-state index >= 15 is 0 Å². The summed E-state index contributed by atoms with van der Waals surface area (Å²) in [7, 11) is 0. The van der Waals surface area contributed by atoms with Gasteiger partial charge in [0, 0.05) is 16.3 Å². The van der Waals surface area contributed by atoms with Crippen molar-refractivity contribution in [2.75, 3.05) is 5.32 Å². The molecule has 0 bridgehead atoms. The molecule has 0 saturated carbocycles. The van der Waals surface area contributed by atoms with E-state index in [4.69, 9.17) is 11.6 Å².